The molecular formula is C18H22O3. The summed E-state index contributed by atoms with van der Waals surface area (Å²) in [5.41, 5.74) is 3.25. The van der Waals surface area contributed by atoms with Gasteiger partial charge in [0.25, 0.3) is 0 Å². The molecule has 1 aromatic carbocycles. The highest BCUT2D eigenvalue weighted by Gasteiger charge is 2.11. The van der Waals surface area contributed by atoms with Crippen molar-refractivity contribution in [3.63, 3.8) is 0 Å². The second kappa shape index (κ2) is 7.77. The van der Waals surface area contributed by atoms with E-state index in [1.807, 2.05) is 24.3 Å². The van der Waals surface area contributed by atoms with Crippen LogP contribution < -0.4 is 0 Å². The summed E-state index contributed by atoms with van der Waals surface area (Å²) in [6.45, 7) is 2.12. The molecular weight excluding hydrogens is 264 g/mol. The summed E-state index contributed by atoms with van der Waals surface area (Å²) < 4.78 is 4.83. The van der Waals surface area contributed by atoms with Crippen LogP contribution in [0, 0.1) is 0 Å². The minimum Gasteiger partial charge on any atom is -0.466 e. The van der Waals surface area contributed by atoms with E-state index >= 15 is 0 Å². The molecule has 0 aliphatic heterocycles. The largest absolute Gasteiger partial charge is 0.466 e. The van der Waals surface area contributed by atoms with Crippen LogP contribution in [-0.4, -0.2) is 18.4 Å². The summed E-state index contributed by atoms with van der Waals surface area (Å²) in [6, 6.07) is 7.74. The number of carbonyl (C=O) groups is 2. The molecule has 3 heteroatoms. The van der Waals surface area contributed by atoms with Crippen molar-refractivity contribution < 1.29 is 14.3 Å². The second-order valence-electron chi connectivity index (χ2n) is 5.28. The molecule has 0 bridgehead atoms. The number of benzene rings is 1. The number of Topliss-reactive ketones (excluding diaryl/α,β-unsaturated/α-hetero) is 1. The first-order valence-corrected chi connectivity index (χ1v) is 7.69. The van der Waals surface area contributed by atoms with E-state index in [2.05, 4.69) is 6.08 Å². The zero-order valence-corrected chi connectivity index (χ0v) is 12.6. The van der Waals surface area contributed by atoms with Gasteiger partial charge >= 0.3 is 5.97 Å². The second-order valence-corrected chi connectivity index (χ2v) is 5.28. The van der Waals surface area contributed by atoms with Gasteiger partial charge in [-0.05, 0) is 43.7 Å². The molecule has 112 valence electrons. The lowest BCUT2D eigenvalue weighted by atomic mass is 9.93. The summed E-state index contributed by atoms with van der Waals surface area (Å²) in [5.74, 6) is -0.318. The summed E-state index contributed by atoms with van der Waals surface area (Å²) in [7, 11) is 0. The Balaban J connectivity index is 1.93. The van der Waals surface area contributed by atoms with Gasteiger partial charge in [0, 0.05) is 12.0 Å². The predicted octanol–water partition coefficient (Wildman–Crippen LogP) is 4.17. The monoisotopic (exact) mass is 286 g/mol. The van der Waals surface area contributed by atoms with Gasteiger partial charge in [0.15, 0.2) is 5.78 Å². The summed E-state index contributed by atoms with van der Waals surface area (Å²) in [6.07, 6.45) is 7.44. The van der Waals surface area contributed by atoms with Crippen molar-refractivity contribution >= 4 is 17.3 Å². The van der Waals surface area contributed by atoms with Gasteiger partial charge < -0.3 is 4.74 Å². The third-order valence-corrected chi connectivity index (χ3v) is 3.73. The zero-order valence-electron chi connectivity index (χ0n) is 12.6. The number of esters is 1. The Labute approximate surface area is 126 Å². The van der Waals surface area contributed by atoms with Crippen LogP contribution in [0.3, 0.4) is 0 Å². The minimum absolute atomic E-state index is 0.00720. The number of hydrogen-bond acceptors (Lipinski definition) is 3. The molecule has 1 aromatic rings. The number of carbonyl (C=O) groups excluding carboxylic acids is 2. The summed E-state index contributed by atoms with van der Waals surface area (Å²) >= 11 is 0. The van der Waals surface area contributed by atoms with Crippen molar-refractivity contribution in [2.24, 2.45) is 0 Å². The van der Waals surface area contributed by atoms with E-state index in [9.17, 15) is 9.59 Å². The first-order chi connectivity index (χ1) is 10.2. The van der Waals surface area contributed by atoms with Crippen LogP contribution in [0.4, 0.5) is 0 Å². The molecule has 1 aliphatic carbocycles. The van der Waals surface area contributed by atoms with Gasteiger partial charge in [0.1, 0.15) is 0 Å². The molecule has 0 N–H and O–H groups in total. The van der Waals surface area contributed by atoms with Crippen LogP contribution in [0.5, 0.6) is 0 Å². The summed E-state index contributed by atoms with van der Waals surface area (Å²) in [5, 5.41) is 0. The Kier molecular flexibility index (Phi) is 5.73. The van der Waals surface area contributed by atoms with Gasteiger partial charge in [-0.3, -0.25) is 9.59 Å². The summed E-state index contributed by atoms with van der Waals surface area (Å²) in [4.78, 5) is 23.3. The van der Waals surface area contributed by atoms with Gasteiger partial charge in [-0.1, -0.05) is 30.3 Å². The number of ether oxygens (including phenoxy) is 1. The Hall–Kier alpha value is -1.90. The van der Waals surface area contributed by atoms with Crippen LogP contribution in [-0.2, 0) is 9.53 Å². The normalized spacial score (nSPS) is 14.4. The van der Waals surface area contributed by atoms with E-state index in [0.29, 0.717) is 12.2 Å². The first kappa shape index (κ1) is 15.5. The third kappa shape index (κ3) is 4.55. The molecule has 0 aromatic heterocycles. The van der Waals surface area contributed by atoms with Crippen LogP contribution in [0.25, 0.3) is 5.57 Å². The molecule has 3 nitrogen and oxygen atoms in total. The Morgan fingerprint density at radius 2 is 1.86 bits per heavy atom. The fourth-order valence-electron chi connectivity index (χ4n) is 2.56. The molecule has 0 saturated carbocycles. The Bertz CT molecular complexity index is 526. The SMILES string of the molecule is CCOC(=O)CCC(=O)c1ccc(C2=CCCCC2)cc1. The van der Waals surface area contributed by atoms with Crippen molar-refractivity contribution in [1.82, 2.24) is 0 Å². The maximum Gasteiger partial charge on any atom is 0.306 e. The lowest BCUT2D eigenvalue weighted by Gasteiger charge is -2.13. The van der Waals surface area contributed by atoms with Gasteiger partial charge in [-0.25, -0.2) is 0 Å². The van der Waals surface area contributed by atoms with Crippen LogP contribution in [0.1, 0.15) is 61.4 Å². The highest BCUT2D eigenvalue weighted by Crippen LogP contribution is 2.26. The molecule has 21 heavy (non-hydrogen) atoms. The highest BCUT2D eigenvalue weighted by atomic mass is 16.5. The fraction of sp³-hybridized carbons (Fsp3) is 0.444. The third-order valence-electron chi connectivity index (χ3n) is 3.73. The lowest BCUT2D eigenvalue weighted by molar-refractivity contribution is -0.143. The maximum atomic E-state index is 12.0. The number of ketones is 1. The average Bonchev–Trinajstić information content (AvgIpc) is 2.54. The fourth-order valence-corrected chi connectivity index (χ4v) is 2.56. The van der Waals surface area contributed by atoms with Crippen molar-refractivity contribution in [1.29, 1.82) is 0 Å². The molecule has 0 saturated heterocycles. The van der Waals surface area contributed by atoms with Crippen molar-refractivity contribution in [2.75, 3.05) is 6.61 Å². The van der Waals surface area contributed by atoms with Gasteiger partial charge in [0.05, 0.1) is 13.0 Å². The maximum absolute atomic E-state index is 12.0. The highest BCUT2D eigenvalue weighted by molar-refractivity contribution is 5.97. The average molecular weight is 286 g/mol. The van der Waals surface area contributed by atoms with Gasteiger partial charge in [-0.15, -0.1) is 0 Å². The molecule has 0 heterocycles. The molecule has 0 radical (unpaired) electrons. The number of rotatable bonds is 6. The van der Waals surface area contributed by atoms with Gasteiger partial charge in [0.2, 0.25) is 0 Å². The van der Waals surface area contributed by atoms with Crippen molar-refractivity contribution in [2.45, 2.75) is 45.4 Å². The molecule has 0 spiro atoms. The molecule has 1 aliphatic rings. The van der Waals surface area contributed by atoms with Crippen LogP contribution in [0.2, 0.25) is 0 Å². The van der Waals surface area contributed by atoms with E-state index in [0.717, 1.165) is 12.8 Å². The Morgan fingerprint density at radius 3 is 2.48 bits per heavy atom. The topological polar surface area (TPSA) is 43.4 Å². The van der Waals surface area contributed by atoms with Crippen LogP contribution in [0.15, 0.2) is 30.3 Å². The quantitative estimate of drug-likeness (QED) is 0.582. The standard InChI is InChI=1S/C18H22O3/c1-2-21-18(20)13-12-17(19)16-10-8-15(9-11-16)14-6-4-3-5-7-14/h6,8-11H,2-5,7,12-13H2,1H3. The van der Waals surface area contributed by atoms with E-state index in [4.69, 9.17) is 4.74 Å². The van der Waals surface area contributed by atoms with Crippen molar-refractivity contribution in [3.05, 3.63) is 41.5 Å². The van der Waals surface area contributed by atoms with E-state index in [-0.39, 0.29) is 24.6 Å². The van der Waals surface area contributed by atoms with E-state index in [1.54, 1.807) is 6.92 Å². The van der Waals surface area contributed by atoms with Crippen molar-refractivity contribution in [3.8, 4) is 0 Å². The Morgan fingerprint density at radius 1 is 1.10 bits per heavy atom. The number of hydrogen-bond donors (Lipinski definition) is 0. The predicted molar refractivity (Wildman–Crippen MR) is 83.1 cm³/mol. The molecule has 2 rings (SSSR count). The van der Waals surface area contributed by atoms with Gasteiger partial charge in [-0.2, -0.15) is 0 Å². The molecule has 0 fully saturated rings. The van der Waals surface area contributed by atoms with E-state index in [1.165, 1.54) is 24.0 Å². The molecule has 0 amide bonds. The smallest absolute Gasteiger partial charge is 0.306 e. The molecule has 0 atom stereocenters. The van der Waals surface area contributed by atoms with E-state index < -0.39 is 0 Å². The first-order valence-electron chi connectivity index (χ1n) is 7.69. The molecule has 0 unspecified atom stereocenters. The zero-order chi connectivity index (χ0) is 15.1. The number of allylic oxidation sites excluding steroid dienone is 2. The lowest BCUT2D eigenvalue weighted by Crippen LogP contribution is -2.08. The van der Waals surface area contributed by atoms with Crippen LogP contribution >= 0.6 is 0 Å². The minimum atomic E-state index is -0.310.